The van der Waals surface area contributed by atoms with Crippen molar-refractivity contribution in [2.45, 2.75) is 6.92 Å². The average Bonchev–Trinajstić information content (AvgIpc) is 2.59. The molecule has 0 fully saturated rings. The molecule has 0 saturated heterocycles. The van der Waals surface area contributed by atoms with Crippen molar-refractivity contribution in [1.29, 1.82) is 0 Å². The van der Waals surface area contributed by atoms with Crippen molar-refractivity contribution in [2.75, 3.05) is 7.05 Å². The molecule has 0 atom stereocenters. The van der Waals surface area contributed by atoms with E-state index < -0.39 is 7.27 Å². The molecule has 1 aromatic rings. The number of likely N-dealkylation sites (N-methyl/N-ethyl adjacent to an activating group) is 1. The van der Waals surface area contributed by atoms with Crippen molar-refractivity contribution < 1.29 is 18.5 Å². The van der Waals surface area contributed by atoms with E-state index >= 15 is 0 Å². The molecule has 0 saturated carbocycles. The lowest BCUT2D eigenvalue weighted by Gasteiger charge is -2.07. The third-order valence-corrected chi connectivity index (χ3v) is 2.89. The largest absolute Gasteiger partial charge is 0.572 e. The predicted molar refractivity (Wildman–Crippen MR) is 69.6 cm³/mol. The van der Waals surface area contributed by atoms with Crippen molar-refractivity contribution in [3.8, 4) is 5.75 Å². The molecular formula is C12H11BF2N2O2. The van der Waals surface area contributed by atoms with Crippen molar-refractivity contribution in [2.24, 2.45) is 4.99 Å². The molecule has 4 nitrogen and oxygen atoms in total. The molecule has 1 N–H and O–H groups in total. The highest BCUT2D eigenvalue weighted by molar-refractivity contribution is 6.61. The molecule has 1 heterocycles. The number of aromatic hydroxyl groups is 1. The van der Waals surface area contributed by atoms with Gasteiger partial charge in [0.25, 0.3) is 5.91 Å². The number of phenols is 1. The second kappa shape index (κ2) is 4.83. The van der Waals surface area contributed by atoms with Gasteiger partial charge in [-0.2, -0.15) is 0 Å². The maximum atomic E-state index is 12.9. The summed E-state index contributed by atoms with van der Waals surface area (Å²) in [6, 6.07) is 3.61. The minimum atomic E-state index is -2.74. The first-order chi connectivity index (χ1) is 8.90. The van der Waals surface area contributed by atoms with Gasteiger partial charge in [-0.1, -0.05) is 6.07 Å². The van der Waals surface area contributed by atoms with Gasteiger partial charge in [-0.3, -0.25) is 18.3 Å². The Morgan fingerprint density at radius 2 is 2.11 bits per heavy atom. The fourth-order valence-electron chi connectivity index (χ4n) is 1.74. The zero-order valence-electron chi connectivity index (χ0n) is 10.4. The zero-order valence-corrected chi connectivity index (χ0v) is 10.4. The van der Waals surface area contributed by atoms with Gasteiger partial charge < -0.3 is 5.11 Å². The molecule has 0 unspecified atom stereocenters. The van der Waals surface area contributed by atoms with Gasteiger partial charge in [-0.25, -0.2) is 4.99 Å². The van der Waals surface area contributed by atoms with Gasteiger partial charge in [-0.05, 0) is 30.7 Å². The molecule has 0 aromatic heterocycles. The fraction of sp³-hybridized carbons (Fsp3) is 0.167. The first kappa shape index (κ1) is 13.3. The van der Waals surface area contributed by atoms with E-state index in [0.717, 1.165) is 6.07 Å². The normalized spacial score (nSPS) is 17.1. The summed E-state index contributed by atoms with van der Waals surface area (Å²) in [4.78, 5) is 17.1. The van der Waals surface area contributed by atoms with Crippen LogP contribution in [-0.2, 0) is 4.79 Å². The van der Waals surface area contributed by atoms with Crippen LogP contribution < -0.4 is 5.46 Å². The topological polar surface area (TPSA) is 52.9 Å². The van der Waals surface area contributed by atoms with Crippen LogP contribution in [0.25, 0.3) is 6.08 Å². The minimum absolute atomic E-state index is 0.104. The van der Waals surface area contributed by atoms with E-state index in [9.17, 15) is 18.5 Å². The Kier molecular flexibility index (Phi) is 3.37. The number of hydrogen-bond donors (Lipinski definition) is 1. The Morgan fingerprint density at radius 3 is 2.63 bits per heavy atom. The smallest absolute Gasteiger partial charge is 0.508 e. The molecule has 19 heavy (non-hydrogen) atoms. The quantitative estimate of drug-likeness (QED) is 0.645. The molecule has 0 radical (unpaired) electrons. The Labute approximate surface area is 109 Å². The van der Waals surface area contributed by atoms with Crippen LogP contribution in [0.2, 0.25) is 0 Å². The number of rotatable bonds is 2. The lowest BCUT2D eigenvalue weighted by molar-refractivity contribution is -0.121. The summed E-state index contributed by atoms with van der Waals surface area (Å²) in [5, 5.41) is 9.23. The molecule has 1 aliphatic heterocycles. The number of carbonyl (C=O) groups is 1. The lowest BCUT2D eigenvalue weighted by Crippen LogP contribution is -2.26. The first-order valence-electron chi connectivity index (χ1n) is 5.56. The molecule has 1 aliphatic rings. The fourth-order valence-corrected chi connectivity index (χ4v) is 1.74. The van der Waals surface area contributed by atoms with E-state index in [2.05, 4.69) is 4.99 Å². The van der Waals surface area contributed by atoms with Gasteiger partial charge in [0.15, 0.2) is 0 Å². The van der Waals surface area contributed by atoms with Gasteiger partial charge in [0.05, 0.1) is 0 Å². The van der Waals surface area contributed by atoms with Crippen LogP contribution in [0.1, 0.15) is 12.5 Å². The van der Waals surface area contributed by atoms with E-state index in [4.69, 9.17) is 0 Å². The summed E-state index contributed by atoms with van der Waals surface area (Å²) in [6.45, 7) is 1.66. The Bertz CT molecular complexity index is 599. The monoisotopic (exact) mass is 264 g/mol. The molecule has 0 aliphatic carbocycles. The number of amidine groups is 1. The SMILES string of the molecule is CC1=N/C(=C\c2ccc(O)cc2B(F)F)C(=O)N1C. The maximum absolute atomic E-state index is 12.9. The molecule has 1 aromatic carbocycles. The van der Waals surface area contributed by atoms with Crippen LogP contribution in [0, 0.1) is 0 Å². The van der Waals surface area contributed by atoms with Crippen molar-refractivity contribution >= 4 is 30.5 Å². The number of carbonyl (C=O) groups excluding carboxylic acids is 1. The Morgan fingerprint density at radius 1 is 1.42 bits per heavy atom. The molecule has 98 valence electrons. The summed E-state index contributed by atoms with van der Waals surface area (Å²) < 4.78 is 25.7. The number of halogens is 2. The van der Waals surface area contributed by atoms with Crippen LogP contribution in [0.15, 0.2) is 28.9 Å². The van der Waals surface area contributed by atoms with E-state index in [1.165, 1.54) is 23.1 Å². The Balaban J connectivity index is 2.47. The summed E-state index contributed by atoms with van der Waals surface area (Å²) in [7, 11) is -1.18. The lowest BCUT2D eigenvalue weighted by atomic mass is 9.81. The first-order valence-corrected chi connectivity index (χ1v) is 5.56. The summed E-state index contributed by atoms with van der Waals surface area (Å²) in [6.07, 6.45) is 1.30. The second-order valence-corrected chi connectivity index (χ2v) is 4.17. The minimum Gasteiger partial charge on any atom is -0.508 e. The highest BCUT2D eigenvalue weighted by Crippen LogP contribution is 2.18. The van der Waals surface area contributed by atoms with Gasteiger partial charge in [0, 0.05) is 12.5 Å². The van der Waals surface area contributed by atoms with Gasteiger partial charge >= 0.3 is 7.27 Å². The standard InChI is InChI=1S/C12H11BF2N2O2/c1-7-16-11(12(19)17(7)2)5-8-3-4-9(18)6-10(8)13(14)15/h3-6,18H,1-2H3/b11-5-. The van der Waals surface area contributed by atoms with E-state index in [1.54, 1.807) is 14.0 Å². The molecule has 7 heteroatoms. The second-order valence-electron chi connectivity index (χ2n) is 4.17. The average molecular weight is 264 g/mol. The zero-order chi connectivity index (χ0) is 14.2. The molecule has 0 spiro atoms. The molecule has 2 rings (SSSR count). The maximum Gasteiger partial charge on any atom is 0.572 e. The van der Waals surface area contributed by atoms with Crippen molar-refractivity contribution in [3.05, 3.63) is 29.5 Å². The number of hydrogen-bond acceptors (Lipinski definition) is 3. The van der Waals surface area contributed by atoms with Crippen LogP contribution in [-0.4, -0.2) is 36.1 Å². The Hall–Kier alpha value is -2.18. The number of aliphatic imine (C=N–C) groups is 1. The van der Waals surface area contributed by atoms with Crippen molar-refractivity contribution in [3.63, 3.8) is 0 Å². The van der Waals surface area contributed by atoms with Crippen LogP contribution in [0.5, 0.6) is 5.75 Å². The third-order valence-electron chi connectivity index (χ3n) is 2.89. The van der Waals surface area contributed by atoms with Gasteiger partial charge in [0.2, 0.25) is 0 Å². The molecule has 1 amide bonds. The van der Waals surface area contributed by atoms with Crippen LogP contribution in [0.3, 0.4) is 0 Å². The van der Waals surface area contributed by atoms with Gasteiger partial charge in [-0.15, -0.1) is 0 Å². The number of nitrogens with zero attached hydrogens (tertiary/aromatic N) is 2. The summed E-state index contributed by atoms with van der Waals surface area (Å²) in [5.74, 6) is -0.0774. The van der Waals surface area contributed by atoms with Crippen LogP contribution >= 0.6 is 0 Å². The number of amides is 1. The third kappa shape index (κ3) is 2.49. The summed E-state index contributed by atoms with van der Waals surface area (Å²) >= 11 is 0. The van der Waals surface area contributed by atoms with E-state index in [0.29, 0.717) is 5.84 Å². The number of phenolic OH excluding ortho intramolecular Hbond substituents is 1. The van der Waals surface area contributed by atoms with E-state index in [-0.39, 0.29) is 28.4 Å². The number of benzene rings is 1. The highest BCUT2D eigenvalue weighted by Gasteiger charge is 2.26. The van der Waals surface area contributed by atoms with E-state index in [1.807, 2.05) is 0 Å². The predicted octanol–water partition coefficient (Wildman–Crippen LogP) is 1.26. The van der Waals surface area contributed by atoms with Gasteiger partial charge in [0.1, 0.15) is 17.3 Å². The molecular weight excluding hydrogens is 253 g/mol. The molecule has 0 bridgehead atoms. The summed E-state index contributed by atoms with van der Waals surface area (Å²) in [5.41, 5.74) is -0.0571. The highest BCUT2D eigenvalue weighted by atomic mass is 19.2. The van der Waals surface area contributed by atoms with Crippen molar-refractivity contribution in [1.82, 2.24) is 4.90 Å². The van der Waals surface area contributed by atoms with Crippen LogP contribution in [0.4, 0.5) is 8.63 Å².